The van der Waals surface area contributed by atoms with Gasteiger partial charge in [-0.3, -0.25) is 0 Å². The second-order valence-electron chi connectivity index (χ2n) is 4.01. The number of benzene rings is 1. The van der Waals surface area contributed by atoms with Crippen molar-refractivity contribution in [2.24, 2.45) is 0 Å². The zero-order valence-corrected chi connectivity index (χ0v) is 9.43. The maximum absolute atomic E-state index is 5.75. The molecular formula is C11H11ClN4. The average Bonchev–Trinajstić information content (AvgIpc) is 2.73. The van der Waals surface area contributed by atoms with Gasteiger partial charge in [0.25, 0.3) is 0 Å². The summed E-state index contributed by atoms with van der Waals surface area (Å²) in [5, 5.41) is 11.5. The minimum absolute atomic E-state index is 0.362. The van der Waals surface area contributed by atoms with Crippen LogP contribution in [-0.4, -0.2) is 20.2 Å². The van der Waals surface area contributed by atoms with Gasteiger partial charge in [0.2, 0.25) is 0 Å². The number of aromatic nitrogens is 4. The summed E-state index contributed by atoms with van der Waals surface area (Å²) in [7, 11) is 0. The Labute approximate surface area is 98.2 Å². The van der Waals surface area contributed by atoms with E-state index in [4.69, 9.17) is 11.6 Å². The monoisotopic (exact) mass is 234 g/mol. The molecule has 1 aromatic heterocycles. The first-order valence-corrected chi connectivity index (χ1v) is 5.80. The Morgan fingerprint density at radius 1 is 1.38 bits per heavy atom. The molecule has 0 saturated carbocycles. The first-order chi connectivity index (χ1) is 7.88. The molecule has 4 nitrogen and oxygen atoms in total. The highest BCUT2D eigenvalue weighted by Crippen LogP contribution is 2.35. The number of nitrogens with zero attached hydrogens (tertiary/aromatic N) is 4. The standard InChI is InChI=1S/C11H11ClN4/c12-6-11-13-14-15-16(11)7-9-5-8-3-1-2-4-10(8)9/h1-4,9H,5-7H2. The number of fused-ring (bicyclic) bond motifs is 1. The van der Waals surface area contributed by atoms with Crippen LogP contribution in [-0.2, 0) is 18.8 Å². The van der Waals surface area contributed by atoms with Gasteiger partial charge in [-0.2, -0.15) is 0 Å². The topological polar surface area (TPSA) is 43.6 Å². The largest absolute Gasteiger partial charge is 0.228 e. The Kier molecular flexibility index (Phi) is 2.36. The summed E-state index contributed by atoms with van der Waals surface area (Å²) in [6, 6.07) is 8.51. The van der Waals surface area contributed by atoms with E-state index in [-0.39, 0.29) is 0 Å². The predicted molar refractivity (Wildman–Crippen MR) is 60.3 cm³/mol. The minimum Gasteiger partial charge on any atom is -0.228 e. The van der Waals surface area contributed by atoms with Crippen molar-refractivity contribution in [3.05, 3.63) is 41.2 Å². The molecule has 1 aliphatic carbocycles. The summed E-state index contributed by atoms with van der Waals surface area (Å²) < 4.78 is 1.80. The number of tetrazole rings is 1. The van der Waals surface area contributed by atoms with Crippen molar-refractivity contribution >= 4 is 11.6 Å². The summed E-state index contributed by atoms with van der Waals surface area (Å²) in [5.74, 6) is 1.63. The Hall–Kier alpha value is -1.42. The number of halogens is 1. The number of rotatable bonds is 3. The molecule has 0 bridgehead atoms. The molecule has 1 heterocycles. The lowest BCUT2D eigenvalue weighted by molar-refractivity contribution is 0.457. The molecule has 5 heteroatoms. The van der Waals surface area contributed by atoms with Crippen molar-refractivity contribution in [2.75, 3.05) is 0 Å². The maximum atomic E-state index is 5.75. The lowest BCUT2D eigenvalue weighted by Gasteiger charge is -2.29. The summed E-state index contributed by atoms with van der Waals surface area (Å²) in [6.45, 7) is 0.825. The molecule has 0 amide bonds. The Bertz CT molecular complexity index is 508. The zero-order chi connectivity index (χ0) is 11.0. The van der Waals surface area contributed by atoms with E-state index in [1.807, 2.05) is 0 Å². The lowest BCUT2D eigenvalue weighted by atomic mass is 9.78. The molecule has 82 valence electrons. The molecule has 0 N–H and O–H groups in total. The van der Waals surface area contributed by atoms with E-state index in [1.165, 1.54) is 11.1 Å². The van der Waals surface area contributed by atoms with Crippen LogP contribution >= 0.6 is 11.6 Å². The van der Waals surface area contributed by atoms with E-state index in [1.54, 1.807) is 4.68 Å². The van der Waals surface area contributed by atoms with Crippen LogP contribution in [0.5, 0.6) is 0 Å². The number of hydrogen-bond donors (Lipinski definition) is 0. The van der Waals surface area contributed by atoms with E-state index in [0.29, 0.717) is 11.8 Å². The Morgan fingerprint density at radius 3 is 3.06 bits per heavy atom. The second-order valence-corrected chi connectivity index (χ2v) is 4.28. The third-order valence-electron chi connectivity index (χ3n) is 3.08. The molecule has 1 atom stereocenters. The van der Waals surface area contributed by atoms with Gasteiger partial charge in [-0.05, 0) is 28.0 Å². The van der Waals surface area contributed by atoms with Gasteiger partial charge in [-0.25, -0.2) is 4.68 Å². The smallest absolute Gasteiger partial charge is 0.166 e. The van der Waals surface area contributed by atoms with Gasteiger partial charge in [0.1, 0.15) is 0 Å². The van der Waals surface area contributed by atoms with Crippen molar-refractivity contribution in [3.63, 3.8) is 0 Å². The molecule has 1 aromatic carbocycles. The minimum atomic E-state index is 0.362. The molecule has 0 aliphatic heterocycles. The third kappa shape index (κ3) is 1.50. The van der Waals surface area contributed by atoms with Crippen LogP contribution in [0.4, 0.5) is 0 Å². The molecule has 0 fully saturated rings. The molecule has 1 unspecified atom stereocenters. The van der Waals surface area contributed by atoms with Crippen LogP contribution in [0.1, 0.15) is 22.9 Å². The second kappa shape index (κ2) is 3.87. The van der Waals surface area contributed by atoms with Crippen LogP contribution in [0, 0.1) is 0 Å². The first kappa shape index (κ1) is 9.78. The van der Waals surface area contributed by atoms with Gasteiger partial charge >= 0.3 is 0 Å². The van der Waals surface area contributed by atoms with Crippen LogP contribution in [0.3, 0.4) is 0 Å². The normalized spacial score (nSPS) is 17.9. The maximum Gasteiger partial charge on any atom is 0.166 e. The molecule has 0 radical (unpaired) electrons. The molecule has 0 saturated heterocycles. The number of alkyl halides is 1. The Balaban J connectivity index is 1.79. The fourth-order valence-electron chi connectivity index (χ4n) is 2.20. The zero-order valence-electron chi connectivity index (χ0n) is 8.67. The summed E-state index contributed by atoms with van der Waals surface area (Å²) in [4.78, 5) is 0. The average molecular weight is 235 g/mol. The van der Waals surface area contributed by atoms with Crippen molar-refractivity contribution in [1.82, 2.24) is 20.2 Å². The fourth-order valence-corrected chi connectivity index (χ4v) is 2.39. The van der Waals surface area contributed by atoms with Crippen molar-refractivity contribution in [2.45, 2.75) is 24.8 Å². The highest BCUT2D eigenvalue weighted by atomic mass is 35.5. The van der Waals surface area contributed by atoms with Crippen LogP contribution < -0.4 is 0 Å². The van der Waals surface area contributed by atoms with Crippen LogP contribution in [0.2, 0.25) is 0 Å². The summed E-state index contributed by atoms with van der Waals surface area (Å²) >= 11 is 5.75. The van der Waals surface area contributed by atoms with Gasteiger partial charge < -0.3 is 0 Å². The van der Waals surface area contributed by atoms with Gasteiger partial charge in [-0.1, -0.05) is 24.3 Å². The van der Waals surface area contributed by atoms with Gasteiger partial charge in [0, 0.05) is 5.92 Å². The quantitative estimate of drug-likeness (QED) is 0.760. The molecule has 2 aromatic rings. The van der Waals surface area contributed by atoms with Crippen molar-refractivity contribution < 1.29 is 0 Å². The highest BCUT2D eigenvalue weighted by molar-refractivity contribution is 6.16. The SMILES string of the molecule is ClCc1nnnn1CC1Cc2ccccc21. The third-order valence-corrected chi connectivity index (χ3v) is 3.32. The van der Waals surface area contributed by atoms with E-state index in [2.05, 4.69) is 39.8 Å². The van der Waals surface area contributed by atoms with E-state index < -0.39 is 0 Å². The van der Waals surface area contributed by atoms with Crippen LogP contribution in [0.25, 0.3) is 0 Å². The number of hydrogen-bond acceptors (Lipinski definition) is 3. The van der Waals surface area contributed by atoms with Crippen LogP contribution in [0.15, 0.2) is 24.3 Å². The predicted octanol–water partition coefficient (Wildman–Crippen LogP) is 1.75. The van der Waals surface area contributed by atoms with E-state index in [9.17, 15) is 0 Å². The van der Waals surface area contributed by atoms with Gasteiger partial charge in [0.05, 0.1) is 12.4 Å². The molecule has 16 heavy (non-hydrogen) atoms. The van der Waals surface area contributed by atoms with Gasteiger partial charge in [0.15, 0.2) is 5.82 Å². The highest BCUT2D eigenvalue weighted by Gasteiger charge is 2.26. The molecule has 1 aliphatic rings. The summed E-state index contributed by atoms with van der Waals surface area (Å²) in [6.07, 6.45) is 1.11. The fraction of sp³-hybridized carbons (Fsp3) is 0.364. The van der Waals surface area contributed by atoms with Crippen molar-refractivity contribution in [3.8, 4) is 0 Å². The first-order valence-electron chi connectivity index (χ1n) is 5.27. The van der Waals surface area contributed by atoms with Gasteiger partial charge in [-0.15, -0.1) is 16.7 Å². The Morgan fingerprint density at radius 2 is 2.25 bits per heavy atom. The molecular weight excluding hydrogens is 224 g/mol. The van der Waals surface area contributed by atoms with Crippen molar-refractivity contribution in [1.29, 1.82) is 0 Å². The van der Waals surface area contributed by atoms with E-state index in [0.717, 1.165) is 18.8 Å². The lowest BCUT2D eigenvalue weighted by Crippen LogP contribution is -2.23. The summed E-state index contributed by atoms with van der Waals surface area (Å²) in [5.41, 5.74) is 2.85. The molecule has 3 rings (SSSR count). The van der Waals surface area contributed by atoms with E-state index >= 15 is 0 Å². The molecule has 0 spiro atoms.